The Balaban J connectivity index is 1.96. The zero-order chi connectivity index (χ0) is 15.7. The summed E-state index contributed by atoms with van der Waals surface area (Å²) in [7, 11) is 1.28. The molecule has 0 spiro atoms. The molecule has 0 aliphatic carbocycles. The number of carbonyl (C=O) groups is 2. The van der Waals surface area contributed by atoms with E-state index in [1.807, 2.05) is 0 Å². The number of methoxy groups -OCH3 is 1. The molecule has 0 fully saturated rings. The number of carbonyl (C=O) groups excluding carboxylic acids is 2. The maximum Gasteiger partial charge on any atom is 0.337 e. The van der Waals surface area contributed by atoms with Gasteiger partial charge in [-0.05, 0) is 42.0 Å². The molecular weight excluding hydrogens is 284 g/mol. The number of benzene rings is 2. The molecule has 0 radical (unpaired) electrons. The van der Waals surface area contributed by atoms with Crippen molar-refractivity contribution in [1.29, 1.82) is 0 Å². The molecule has 0 amide bonds. The molecule has 3 rings (SSSR count). The van der Waals surface area contributed by atoms with Gasteiger partial charge in [-0.15, -0.1) is 0 Å². The second-order valence-corrected chi connectivity index (χ2v) is 4.74. The summed E-state index contributed by atoms with van der Waals surface area (Å²) in [6, 6.07) is 11.0. The first-order valence-electron chi connectivity index (χ1n) is 6.54. The van der Waals surface area contributed by atoms with Crippen LogP contribution in [0.5, 0.6) is 11.5 Å². The van der Waals surface area contributed by atoms with E-state index in [1.54, 1.807) is 24.3 Å². The summed E-state index contributed by atoms with van der Waals surface area (Å²) < 4.78 is 10.1. The third-order valence-electron chi connectivity index (χ3n) is 3.26. The Morgan fingerprint density at radius 3 is 2.77 bits per heavy atom. The number of hydrogen-bond donors (Lipinski definition) is 1. The van der Waals surface area contributed by atoms with Gasteiger partial charge in [-0.1, -0.05) is 12.1 Å². The van der Waals surface area contributed by atoms with Crippen molar-refractivity contribution in [3.63, 3.8) is 0 Å². The molecule has 0 unspecified atom stereocenters. The van der Waals surface area contributed by atoms with Crippen molar-refractivity contribution in [2.75, 3.05) is 7.11 Å². The molecule has 5 nitrogen and oxygen atoms in total. The normalized spacial score (nSPS) is 14.6. The summed E-state index contributed by atoms with van der Waals surface area (Å²) in [5.74, 6) is -0.193. The minimum absolute atomic E-state index is 0.102. The van der Waals surface area contributed by atoms with Gasteiger partial charge in [0.25, 0.3) is 0 Å². The highest BCUT2D eigenvalue weighted by atomic mass is 16.5. The number of ether oxygens (including phenoxy) is 2. The van der Waals surface area contributed by atoms with Crippen LogP contribution in [0.4, 0.5) is 0 Å². The Bertz CT molecular complexity index is 804. The number of phenolic OH excluding ortho intramolecular Hbond substituents is 1. The molecule has 0 bridgehead atoms. The van der Waals surface area contributed by atoms with Crippen LogP contribution in [0.25, 0.3) is 6.08 Å². The van der Waals surface area contributed by atoms with Gasteiger partial charge in [0, 0.05) is 0 Å². The largest absolute Gasteiger partial charge is 0.508 e. The van der Waals surface area contributed by atoms with Gasteiger partial charge in [0.05, 0.1) is 18.2 Å². The van der Waals surface area contributed by atoms with Crippen molar-refractivity contribution in [3.8, 4) is 11.5 Å². The van der Waals surface area contributed by atoms with Gasteiger partial charge in [-0.2, -0.15) is 0 Å². The Morgan fingerprint density at radius 1 is 1.23 bits per heavy atom. The second kappa shape index (κ2) is 5.37. The average Bonchev–Trinajstić information content (AvgIpc) is 2.82. The van der Waals surface area contributed by atoms with Crippen molar-refractivity contribution in [2.45, 2.75) is 0 Å². The van der Waals surface area contributed by atoms with Crippen LogP contribution in [0.1, 0.15) is 26.3 Å². The lowest BCUT2D eigenvalue weighted by Gasteiger charge is -2.00. The highest BCUT2D eigenvalue weighted by Crippen LogP contribution is 2.33. The minimum Gasteiger partial charge on any atom is -0.508 e. The average molecular weight is 296 g/mol. The first kappa shape index (κ1) is 13.9. The van der Waals surface area contributed by atoms with E-state index in [-0.39, 0.29) is 22.9 Å². The molecule has 22 heavy (non-hydrogen) atoms. The standard InChI is InChI=1S/C17H12O5/c1-21-17(20)11-5-6-14-13(9-11)16(19)15(22-14)8-10-3-2-4-12(18)7-10/h2-9,18H,1H3. The first-order chi connectivity index (χ1) is 10.6. The van der Waals surface area contributed by atoms with E-state index in [2.05, 4.69) is 4.74 Å². The second-order valence-electron chi connectivity index (χ2n) is 4.74. The molecule has 1 heterocycles. The van der Waals surface area contributed by atoms with Crippen LogP contribution < -0.4 is 4.74 Å². The number of hydrogen-bond acceptors (Lipinski definition) is 5. The van der Waals surface area contributed by atoms with Crippen LogP contribution in [0.15, 0.2) is 48.2 Å². The van der Waals surface area contributed by atoms with E-state index in [1.165, 1.54) is 31.4 Å². The number of Topliss-reactive ketones (excluding diaryl/α,β-unsaturated/α-hetero) is 1. The minimum atomic E-state index is -0.513. The predicted octanol–water partition coefficient (Wildman–Crippen LogP) is 2.80. The van der Waals surface area contributed by atoms with Gasteiger partial charge in [-0.3, -0.25) is 4.79 Å². The lowest BCUT2D eigenvalue weighted by Crippen LogP contribution is -2.02. The topological polar surface area (TPSA) is 72.8 Å². The SMILES string of the molecule is COC(=O)c1ccc2c(c1)C(=O)C(=Cc1cccc(O)c1)O2. The third kappa shape index (κ3) is 2.44. The van der Waals surface area contributed by atoms with Gasteiger partial charge in [0.2, 0.25) is 5.78 Å². The van der Waals surface area contributed by atoms with E-state index in [9.17, 15) is 14.7 Å². The molecule has 0 saturated heterocycles. The zero-order valence-corrected chi connectivity index (χ0v) is 11.7. The molecule has 5 heteroatoms. The molecule has 1 aliphatic rings. The molecule has 1 N–H and O–H groups in total. The maximum atomic E-state index is 12.3. The highest BCUT2D eigenvalue weighted by Gasteiger charge is 2.28. The molecule has 0 atom stereocenters. The maximum absolute atomic E-state index is 12.3. The first-order valence-corrected chi connectivity index (χ1v) is 6.54. The van der Waals surface area contributed by atoms with Gasteiger partial charge < -0.3 is 14.6 Å². The molecular formula is C17H12O5. The fourth-order valence-corrected chi connectivity index (χ4v) is 2.20. The molecule has 110 valence electrons. The summed E-state index contributed by atoms with van der Waals surface area (Å²) in [6.45, 7) is 0. The van der Waals surface area contributed by atoms with E-state index >= 15 is 0 Å². The number of fused-ring (bicyclic) bond motifs is 1. The number of allylic oxidation sites excluding steroid dienone is 1. The predicted molar refractivity (Wildman–Crippen MR) is 78.8 cm³/mol. The Kier molecular flexibility index (Phi) is 3.39. The molecule has 1 aliphatic heterocycles. The van der Waals surface area contributed by atoms with Crippen LogP contribution in [0.3, 0.4) is 0 Å². The number of esters is 1. The summed E-state index contributed by atoms with van der Waals surface area (Å²) in [6.07, 6.45) is 1.54. The van der Waals surface area contributed by atoms with Gasteiger partial charge >= 0.3 is 5.97 Å². The number of ketones is 1. The number of phenols is 1. The summed E-state index contributed by atoms with van der Waals surface area (Å²) in [4.78, 5) is 23.9. The van der Waals surface area contributed by atoms with Gasteiger partial charge in [0.1, 0.15) is 11.5 Å². The number of rotatable bonds is 2. The van der Waals surface area contributed by atoms with E-state index in [0.717, 1.165) is 0 Å². The van der Waals surface area contributed by atoms with Crippen LogP contribution in [-0.2, 0) is 4.74 Å². The van der Waals surface area contributed by atoms with Crippen LogP contribution in [0, 0.1) is 0 Å². The van der Waals surface area contributed by atoms with Crippen molar-refractivity contribution in [1.82, 2.24) is 0 Å². The van der Waals surface area contributed by atoms with Crippen LogP contribution in [-0.4, -0.2) is 24.0 Å². The van der Waals surface area contributed by atoms with Gasteiger partial charge in [0.15, 0.2) is 5.76 Å². The summed E-state index contributed by atoms with van der Waals surface area (Å²) in [5.41, 5.74) is 1.25. The Labute approximate surface area is 126 Å². The van der Waals surface area contributed by atoms with Crippen LogP contribution >= 0.6 is 0 Å². The summed E-state index contributed by atoms with van der Waals surface area (Å²) >= 11 is 0. The number of aromatic hydroxyl groups is 1. The third-order valence-corrected chi connectivity index (χ3v) is 3.26. The van der Waals surface area contributed by atoms with Gasteiger partial charge in [-0.25, -0.2) is 4.79 Å². The van der Waals surface area contributed by atoms with E-state index < -0.39 is 5.97 Å². The van der Waals surface area contributed by atoms with E-state index in [0.29, 0.717) is 16.9 Å². The fourth-order valence-electron chi connectivity index (χ4n) is 2.20. The molecule has 2 aromatic rings. The smallest absolute Gasteiger partial charge is 0.337 e. The Morgan fingerprint density at radius 2 is 2.05 bits per heavy atom. The van der Waals surface area contributed by atoms with Crippen molar-refractivity contribution in [2.24, 2.45) is 0 Å². The highest BCUT2D eigenvalue weighted by molar-refractivity contribution is 6.15. The monoisotopic (exact) mass is 296 g/mol. The molecule has 0 saturated carbocycles. The lowest BCUT2D eigenvalue weighted by molar-refractivity contribution is 0.0600. The quantitative estimate of drug-likeness (QED) is 0.681. The zero-order valence-electron chi connectivity index (χ0n) is 11.7. The molecule has 0 aromatic heterocycles. The Hall–Kier alpha value is -3.08. The van der Waals surface area contributed by atoms with Crippen molar-refractivity contribution < 1.29 is 24.2 Å². The van der Waals surface area contributed by atoms with Crippen LogP contribution in [0.2, 0.25) is 0 Å². The van der Waals surface area contributed by atoms with Crippen molar-refractivity contribution in [3.05, 3.63) is 64.9 Å². The summed E-state index contributed by atoms with van der Waals surface area (Å²) in [5, 5.41) is 9.44. The lowest BCUT2D eigenvalue weighted by atomic mass is 10.1. The molecule has 2 aromatic carbocycles. The fraction of sp³-hybridized carbons (Fsp3) is 0.0588. The van der Waals surface area contributed by atoms with E-state index in [4.69, 9.17) is 4.74 Å². The van der Waals surface area contributed by atoms with Crippen molar-refractivity contribution >= 4 is 17.8 Å².